The molecule has 74 valence electrons. The first-order valence-corrected chi connectivity index (χ1v) is 5.41. The van der Waals surface area contributed by atoms with E-state index in [1.807, 2.05) is 31.2 Å². The van der Waals surface area contributed by atoms with Crippen LogP contribution in [0.15, 0.2) is 29.2 Å². The minimum Gasteiger partial charge on any atom is -0.180 e. The first-order chi connectivity index (χ1) is 6.47. The molecule has 0 fully saturated rings. The van der Waals surface area contributed by atoms with Crippen LogP contribution in [0.25, 0.3) is 0 Å². The molecule has 14 heavy (non-hydrogen) atoms. The third-order valence-electron chi connectivity index (χ3n) is 1.38. The molecule has 0 aliphatic carbocycles. The molecule has 0 atom stereocenters. The van der Waals surface area contributed by atoms with Gasteiger partial charge in [0.05, 0.1) is 0 Å². The SMILES string of the molecule is Cc1ccc(SC#CC(F)(F)Br)cc1. The normalized spacial score (nSPS) is 10.6. The quantitative estimate of drug-likeness (QED) is 0.424. The van der Waals surface area contributed by atoms with E-state index in [0.29, 0.717) is 0 Å². The van der Waals surface area contributed by atoms with Crippen molar-refractivity contribution in [2.75, 3.05) is 0 Å². The highest BCUT2D eigenvalue weighted by Gasteiger charge is 2.18. The number of aryl methyl sites for hydroxylation is 1. The summed E-state index contributed by atoms with van der Waals surface area (Å²) in [4.78, 5) is -2.23. The van der Waals surface area contributed by atoms with Gasteiger partial charge in [-0.15, -0.1) is 0 Å². The van der Waals surface area contributed by atoms with Crippen LogP contribution >= 0.6 is 27.7 Å². The molecule has 0 saturated carbocycles. The standard InChI is InChI=1S/C10H7BrF2S/c1-8-2-4-9(5-3-8)14-7-6-10(11,12)13/h2-5H,1H3. The van der Waals surface area contributed by atoms with E-state index in [4.69, 9.17) is 0 Å². The Morgan fingerprint density at radius 2 is 1.86 bits per heavy atom. The lowest BCUT2D eigenvalue weighted by molar-refractivity contribution is 0.183. The highest BCUT2D eigenvalue weighted by Crippen LogP contribution is 2.22. The maximum Gasteiger partial charge on any atom is 0.364 e. The molecule has 0 amide bonds. The van der Waals surface area contributed by atoms with Gasteiger partial charge in [0, 0.05) is 20.8 Å². The molecule has 1 aromatic carbocycles. The van der Waals surface area contributed by atoms with Crippen molar-refractivity contribution < 1.29 is 8.78 Å². The van der Waals surface area contributed by atoms with Crippen LogP contribution in [-0.4, -0.2) is 4.83 Å². The van der Waals surface area contributed by atoms with E-state index >= 15 is 0 Å². The molecule has 1 aromatic rings. The summed E-state index contributed by atoms with van der Waals surface area (Å²) >= 11 is 3.23. The van der Waals surface area contributed by atoms with Crippen LogP contribution in [0.1, 0.15) is 5.56 Å². The first kappa shape index (κ1) is 11.5. The maximum atomic E-state index is 12.2. The molecule has 0 saturated heterocycles. The van der Waals surface area contributed by atoms with Gasteiger partial charge in [0.1, 0.15) is 0 Å². The van der Waals surface area contributed by atoms with Crippen molar-refractivity contribution in [3.05, 3.63) is 29.8 Å². The van der Waals surface area contributed by atoms with Gasteiger partial charge < -0.3 is 0 Å². The number of benzene rings is 1. The van der Waals surface area contributed by atoms with Crippen molar-refractivity contribution in [3.8, 4) is 11.2 Å². The number of thioether (sulfide) groups is 1. The largest absolute Gasteiger partial charge is 0.364 e. The molecular weight excluding hydrogens is 270 g/mol. The van der Waals surface area contributed by atoms with Gasteiger partial charge in [-0.1, -0.05) is 17.7 Å². The summed E-state index contributed by atoms with van der Waals surface area (Å²) < 4.78 is 24.4. The Balaban J connectivity index is 2.61. The number of halogens is 3. The van der Waals surface area contributed by atoms with Crippen molar-refractivity contribution in [2.45, 2.75) is 16.7 Å². The van der Waals surface area contributed by atoms with Crippen LogP contribution in [0.2, 0.25) is 0 Å². The second kappa shape index (κ2) is 4.81. The molecule has 0 radical (unpaired) electrons. The molecule has 1 rings (SSSR count). The molecule has 0 aliphatic rings. The van der Waals surface area contributed by atoms with Crippen LogP contribution in [0, 0.1) is 18.1 Å². The molecular formula is C10H7BrF2S. The van der Waals surface area contributed by atoms with Crippen LogP contribution in [0.4, 0.5) is 8.78 Å². The van der Waals surface area contributed by atoms with Crippen LogP contribution in [0.3, 0.4) is 0 Å². The van der Waals surface area contributed by atoms with Gasteiger partial charge in [0.25, 0.3) is 0 Å². The highest BCUT2D eigenvalue weighted by molar-refractivity contribution is 9.10. The predicted molar refractivity (Wildman–Crippen MR) is 58.7 cm³/mol. The zero-order chi connectivity index (χ0) is 10.6. The zero-order valence-corrected chi connectivity index (χ0v) is 9.75. The van der Waals surface area contributed by atoms with E-state index in [1.54, 1.807) is 5.92 Å². The average molecular weight is 277 g/mol. The average Bonchev–Trinajstić information content (AvgIpc) is 2.06. The number of alkyl halides is 3. The Morgan fingerprint density at radius 1 is 1.29 bits per heavy atom. The van der Waals surface area contributed by atoms with Gasteiger partial charge in [-0.05, 0) is 42.0 Å². The topological polar surface area (TPSA) is 0 Å². The van der Waals surface area contributed by atoms with Crippen molar-refractivity contribution in [3.63, 3.8) is 0 Å². The van der Waals surface area contributed by atoms with Gasteiger partial charge in [-0.2, -0.15) is 8.78 Å². The molecule has 0 aliphatic heterocycles. The maximum absolute atomic E-state index is 12.2. The molecule has 0 heterocycles. The molecule has 0 N–H and O–H groups in total. The lowest BCUT2D eigenvalue weighted by Crippen LogP contribution is -1.97. The summed E-state index contributed by atoms with van der Waals surface area (Å²) in [6, 6.07) is 7.52. The zero-order valence-electron chi connectivity index (χ0n) is 7.35. The van der Waals surface area contributed by atoms with E-state index in [9.17, 15) is 8.78 Å². The van der Waals surface area contributed by atoms with Gasteiger partial charge in [0.2, 0.25) is 0 Å². The number of hydrogen-bond donors (Lipinski definition) is 0. The van der Waals surface area contributed by atoms with E-state index in [2.05, 4.69) is 21.2 Å². The van der Waals surface area contributed by atoms with Crippen LogP contribution < -0.4 is 0 Å². The van der Waals surface area contributed by atoms with Gasteiger partial charge in [-0.25, -0.2) is 0 Å². The summed E-state index contributed by atoms with van der Waals surface area (Å²) in [7, 11) is 0. The first-order valence-electron chi connectivity index (χ1n) is 3.80. The summed E-state index contributed by atoms with van der Waals surface area (Å²) in [5, 5.41) is 2.33. The lowest BCUT2D eigenvalue weighted by Gasteiger charge is -1.96. The van der Waals surface area contributed by atoms with Gasteiger partial charge in [-0.3, -0.25) is 0 Å². The number of rotatable bonds is 1. The fourth-order valence-corrected chi connectivity index (χ4v) is 1.55. The van der Waals surface area contributed by atoms with Crippen molar-refractivity contribution >= 4 is 27.7 Å². The van der Waals surface area contributed by atoms with E-state index < -0.39 is 4.83 Å². The highest BCUT2D eigenvalue weighted by atomic mass is 79.9. The molecule has 0 spiro atoms. The Bertz CT molecular complexity index is 356. The lowest BCUT2D eigenvalue weighted by atomic mass is 10.2. The summed E-state index contributed by atoms with van der Waals surface area (Å²) in [6.45, 7) is 1.97. The van der Waals surface area contributed by atoms with Gasteiger partial charge in [0.15, 0.2) is 0 Å². The second-order valence-electron chi connectivity index (χ2n) is 2.64. The number of hydrogen-bond acceptors (Lipinski definition) is 1. The minimum absolute atomic E-state index is 0.861. The minimum atomic E-state index is -3.09. The fourth-order valence-electron chi connectivity index (χ4n) is 0.749. The van der Waals surface area contributed by atoms with Crippen molar-refractivity contribution in [2.24, 2.45) is 0 Å². The van der Waals surface area contributed by atoms with E-state index in [-0.39, 0.29) is 0 Å². The summed E-state index contributed by atoms with van der Waals surface area (Å²) in [5.74, 6) is 1.78. The fraction of sp³-hybridized carbons (Fsp3) is 0.200. The van der Waals surface area contributed by atoms with Crippen LogP contribution in [0.5, 0.6) is 0 Å². The Hall–Kier alpha value is -0.530. The monoisotopic (exact) mass is 276 g/mol. The molecule has 0 bridgehead atoms. The van der Waals surface area contributed by atoms with E-state index in [1.165, 1.54) is 0 Å². The molecule has 0 unspecified atom stereocenters. The van der Waals surface area contributed by atoms with Crippen molar-refractivity contribution in [1.82, 2.24) is 0 Å². The Kier molecular flexibility index (Phi) is 3.97. The molecule has 0 aromatic heterocycles. The predicted octanol–water partition coefficient (Wildman–Crippen LogP) is 4.04. The Labute approximate surface area is 94.2 Å². The Morgan fingerprint density at radius 3 is 2.36 bits per heavy atom. The third-order valence-corrected chi connectivity index (χ3v) is 2.29. The van der Waals surface area contributed by atoms with Crippen molar-refractivity contribution in [1.29, 1.82) is 0 Å². The smallest absolute Gasteiger partial charge is 0.180 e. The third kappa shape index (κ3) is 4.64. The van der Waals surface area contributed by atoms with E-state index in [0.717, 1.165) is 22.2 Å². The van der Waals surface area contributed by atoms with Crippen LogP contribution in [-0.2, 0) is 0 Å². The molecule has 0 nitrogen and oxygen atoms in total. The molecule has 4 heteroatoms. The second-order valence-corrected chi connectivity index (χ2v) is 4.52. The summed E-state index contributed by atoms with van der Waals surface area (Å²) in [5.41, 5.74) is 1.13. The summed E-state index contributed by atoms with van der Waals surface area (Å²) in [6.07, 6.45) is 0. The van der Waals surface area contributed by atoms with Gasteiger partial charge >= 0.3 is 4.83 Å².